The summed E-state index contributed by atoms with van der Waals surface area (Å²) < 4.78 is 3.34. The van der Waals surface area contributed by atoms with E-state index in [9.17, 15) is 4.79 Å². The van der Waals surface area contributed by atoms with E-state index in [1.165, 1.54) is 4.68 Å². The number of fused-ring (bicyclic) bond motifs is 1. The van der Waals surface area contributed by atoms with Gasteiger partial charge in [-0.2, -0.15) is 10.2 Å². The van der Waals surface area contributed by atoms with Crippen LogP contribution < -0.4 is 5.56 Å². The van der Waals surface area contributed by atoms with Crippen molar-refractivity contribution in [3.05, 3.63) is 82.3 Å². The van der Waals surface area contributed by atoms with Gasteiger partial charge in [-0.15, -0.1) is 0 Å². The van der Waals surface area contributed by atoms with Crippen LogP contribution in [0.25, 0.3) is 16.5 Å². The molecule has 6 heteroatoms. The first-order valence-corrected chi connectivity index (χ1v) is 9.18. The molecule has 0 spiro atoms. The number of para-hydroxylation sites is 1. The minimum atomic E-state index is -0.105. The zero-order valence-corrected chi connectivity index (χ0v) is 15.0. The van der Waals surface area contributed by atoms with E-state index in [1.54, 1.807) is 0 Å². The van der Waals surface area contributed by atoms with Crippen LogP contribution in [0.5, 0.6) is 0 Å². The Kier molecular flexibility index (Phi) is 3.63. The molecule has 0 aliphatic heterocycles. The molecule has 0 bridgehead atoms. The Balaban J connectivity index is 1.63. The first kappa shape index (κ1) is 15.9. The Hall–Kier alpha value is -3.28. The van der Waals surface area contributed by atoms with Gasteiger partial charge in [-0.05, 0) is 38.0 Å². The summed E-state index contributed by atoms with van der Waals surface area (Å²) in [5.41, 5.74) is 1.67. The number of hydrogen-bond acceptors (Lipinski definition) is 4. The van der Waals surface area contributed by atoms with E-state index in [2.05, 4.69) is 5.10 Å². The Morgan fingerprint density at radius 3 is 2.41 bits per heavy atom. The molecular weight excluding hydrogens is 338 g/mol. The van der Waals surface area contributed by atoms with Gasteiger partial charge in [0.1, 0.15) is 6.54 Å². The maximum Gasteiger partial charge on any atom is 0.275 e. The van der Waals surface area contributed by atoms with Crippen molar-refractivity contribution in [1.29, 1.82) is 0 Å². The Morgan fingerprint density at radius 2 is 1.67 bits per heavy atom. The molecule has 0 atom stereocenters. The molecule has 2 aromatic carbocycles. The lowest BCUT2D eigenvalue weighted by Crippen LogP contribution is -2.26. The van der Waals surface area contributed by atoms with Crippen LogP contribution in [0.2, 0.25) is 0 Å². The van der Waals surface area contributed by atoms with Gasteiger partial charge in [-0.25, -0.2) is 14.3 Å². The van der Waals surface area contributed by atoms with Gasteiger partial charge >= 0.3 is 0 Å². The molecule has 0 unspecified atom stereocenters. The van der Waals surface area contributed by atoms with Gasteiger partial charge in [0.05, 0.1) is 16.8 Å². The molecule has 1 saturated carbocycles. The Labute approximate surface area is 156 Å². The molecule has 27 heavy (non-hydrogen) atoms. The van der Waals surface area contributed by atoms with Gasteiger partial charge in [0.15, 0.2) is 11.6 Å². The average Bonchev–Trinajstić information content (AvgIpc) is 3.47. The lowest BCUT2D eigenvalue weighted by molar-refractivity contribution is 0.599. The molecule has 0 radical (unpaired) electrons. The van der Waals surface area contributed by atoms with Crippen molar-refractivity contribution in [2.24, 2.45) is 0 Å². The van der Waals surface area contributed by atoms with Crippen LogP contribution in [0.1, 0.15) is 36.1 Å². The Morgan fingerprint density at radius 1 is 0.963 bits per heavy atom. The molecule has 1 fully saturated rings. The normalized spacial score (nSPS) is 14.0. The summed E-state index contributed by atoms with van der Waals surface area (Å²) in [7, 11) is 0. The lowest BCUT2D eigenvalue weighted by Gasteiger charge is -2.09. The Bertz CT molecular complexity index is 1190. The number of nitrogens with zero attached hydrogens (tertiary/aromatic N) is 5. The highest BCUT2D eigenvalue weighted by Crippen LogP contribution is 2.38. The van der Waals surface area contributed by atoms with Crippen molar-refractivity contribution in [2.75, 3.05) is 0 Å². The van der Waals surface area contributed by atoms with Gasteiger partial charge in [0, 0.05) is 11.3 Å². The third-order valence-electron chi connectivity index (χ3n) is 4.98. The van der Waals surface area contributed by atoms with Crippen LogP contribution >= 0.6 is 0 Å². The average molecular weight is 357 g/mol. The number of rotatable bonds is 4. The summed E-state index contributed by atoms with van der Waals surface area (Å²) in [5.74, 6) is 2.03. The SMILES string of the molecule is Cc1nn(Cc2nc(C3CC3)nn2-c2ccccc2)c(=O)c2ccccc12. The van der Waals surface area contributed by atoms with Crippen molar-refractivity contribution in [3.63, 3.8) is 0 Å². The fourth-order valence-corrected chi connectivity index (χ4v) is 3.40. The lowest BCUT2D eigenvalue weighted by atomic mass is 10.1. The maximum atomic E-state index is 12.9. The second-order valence-electron chi connectivity index (χ2n) is 7.00. The van der Waals surface area contributed by atoms with Crippen molar-refractivity contribution < 1.29 is 0 Å². The molecule has 0 saturated heterocycles. The van der Waals surface area contributed by atoms with E-state index >= 15 is 0 Å². The van der Waals surface area contributed by atoms with Gasteiger partial charge in [-0.3, -0.25) is 4.79 Å². The minimum Gasteiger partial charge on any atom is -0.267 e. The van der Waals surface area contributed by atoms with Gasteiger partial charge in [0.25, 0.3) is 5.56 Å². The van der Waals surface area contributed by atoms with Crippen molar-refractivity contribution in [1.82, 2.24) is 24.5 Å². The standard InChI is InChI=1S/C21H19N5O/c1-14-17-9-5-6-10-18(17)21(27)25(23-14)13-19-22-20(15-11-12-15)24-26(19)16-7-3-2-4-8-16/h2-10,15H,11-13H2,1H3. The van der Waals surface area contributed by atoms with E-state index < -0.39 is 0 Å². The molecule has 134 valence electrons. The molecular formula is C21H19N5O. The molecule has 5 rings (SSSR count). The number of hydrogen-bond donors (Lipinski definition) is 0. The third-order valence-corrected chi connectivity index (χ3v) is 4.98. The fraction of sp³-hybridized carbons (Fsp3) is 0.238. The number of benzene rings is 2. The van der Waals surface area contributed by atoms with Crippen LogP contribution in [0.3, 0.4) is 0 Å². The first-order chi connectivity index (χ1) is 13.2. The van der Waals surface area contributed by atoms with Crippen molar-refractivity contribution in [3.8, 4) is 5.69 Å². The third kappa shape index (κ3) is 2.83. The molecule has 2 heterocycles. The minimum absolute atomic E-state index is 0.105. The number of aromatic nitrogens is 5. The van der Waals surface area contributed by atoms with Gasteiger partial charge < -0.3 is 0 Å². The molecule has 0 amide bonds. The smallest absolute Gasteiger partial charge is 0.267 e. The summed E-state index contributed by atoms with van der Waals surface area (Å²) >= 11 is 0. The number of aryl methyl sites for hydroxylation is 1. The van der Waals surface area contributed by atoms with E-state index in [0.717, 1.165) is 41.3 Å². The largest absolute Gasteiger partial charge is 0.275 e. The zero-order valence-electron chi connectivity index (χ0n) is 15.0. The summed E-state index contributed by atoms with van der Waals surface area (Å²) in [4.78, 5) is 17.7. The summed E-state index contributed by atoms with van der Waals surface area (Å²) in [6, 6.07) is 17.5. The predicted molar refractivity (Wildman–Crippen MR) is 103 cm³/mol. The highest BCUT2D eigenvalue weighted by Gasteiger charge is 2.29. The summed E-state index contributed by atoms with van der Waals surface area (Å²) in [6.45, 7) is 2.22. The molecule has 1 aliphatic carbocycles. The predicted octanol–water partition coefficient (Wildman–Crippen LogP) is 3.21. The molecule has 2 aromatic heterocycles. The van der Waals surface area contributed by atoms with E-state index in [-0.39, 0.29) is 5.56 Å². The zero-order chi connectivity index (χ0) is 18.4. The van der Waals surface area contributed by atoms with Crippen LogP contribution in [-0.2, 0) is 6.54 Å². The first-order valence-electron chi connectivity index (χ1n) is 9.18. The van der Waals surface area contributed by atoms with E-state index in [4.69, 9.17) is 10.1 Å². The fourth-order valence-electron chi connectivity index (χ4n) is 3.40. The highest BCUT2D eigenvalue weighted by molar-refractivity contribution is 5.83. The van der Waals surface area contributed by atoms with Gasteiger partial charge in [-0.1, -0.05) is 36.4 Å². The van der Waals surface area contributed by atoms with Gasteiger partial charge in [0.2, 0.25) is 0 Å². The van der Waals surface area contributed by atoms with Crippen molar-refractivity contribution in [2.45, 2.75) is 32.2 Å². The molecule has 1 aliphatic rings. The van der Waals surface area contributed by atoms with E-state index in [1.807, 2.05) is 66.2 Å². The molecule has 4 aromatic rings. The van der Waals surface area contributed by atoms with Crippen LogP contribution in [-0.4, -0.2) is 24.5 Å². The molecule has 6 nitrogen and oxygen atoms in total. The summed E-state index contributed by atoms with van der Waals surface area (Å²) in [6.07, 6.45) is 2.26. The highest BCUT2D eigenvalue weighted by atomic mass is 16.1. The maximum absolute atomic E-state index is 12.9. The second-order valence-corrected chi connectivity index (χ2v) is 7.00. The van der Waals surface area contributed by atoms with Crippen LogP contribution in [0.15, 0.2) is 59.4 Å². The quantitative estimate of drug-likeness (QED) is 0.562. The van der Waals surface area contributed by atoms with E-state index in [0.29, 0.717) is 17.8 Å². The van der Waals surface area contributed by atoms with Crippen LogP contribution in [0.4, 0.5) is 0 Å². The summed E-state index contributed by atoms with van der Waals surface area (Å²) in [5, 5.41) is 10.8. The van der Waals surface area contributed by atoms with Crippen LogP contribution in [0, 0.1) is 6.92 Å². The monoisotopic (exact) mass is 357 g/mol. The second kappa shape index (κ2) is 6.16. The molecule has 0 N–H and O–H groups in total. The van der Waals surface area contributed by atoms with Crippen molar-refractivity contribution >= 4 is 10.8 Å². The topological polar surface area (TPSA) is 65.6 Å².